The largest absolute Gasteiger partial charge is 0.365 e. The predicted octanol–water partition coefficient (Wildman–Crippen LogP) is -0.258. The third-order valence-electron chi connectivity index (χ3n) is 0.846. The zero-order valence-corrected chi connectivity index (χ0v) is 6.48. The van der Waals surface area contributed by atoms with Crippen LogP contribution in [0.4, 0.5) is 0 Å². The highest BCUT2D eigenvalue weighted by Gasteiger charge is 1.86. The first-order valence-corrected chi connectivity index (χ1v) is 3.14. The second kappa shape index (κ2) is 6.01. The second-order valence-corrected chi connectivity index (χ2v) is 2.22. The SMILES string of the molecule is CNCCOCN(C)C. The number of hydrogen-bond acceptors (Lipinski definition) is 3. The summed E-state index contributed by atoms with van der Waals surface area (Å²) in [5, 5.41) is 3.00. The number of ether oxygens (including phenoxy) is 1. The van der Waals surface area contributed by atoms with Crippen LogP contribution >= 0.6 is 0 Å². The predicted molar refractivity (Wildman–Crippen MR) is 38.4 cm³/mol. The van der Waals surface area contributed by atoms with E-state index in [9.17, 15) is 0 Å². The van der Waals surface area contributed by atoms with Gasteiger partial charge in [0.1, 0.15) is 0 Å². The van der Waals surface area contributed by atoms with E-state index in [0.717, 1.165) is 13.2 Å². The minimum atomic E-state index is 0.710. The molecular formula is C6H16N2O. The van der Waals surface area contributed by atoms with Crippen LogP contribution in [0.2, 0.25) is 0 Å². The average molecular weight is 132 g/mol. The minimum absolute atomic E-state index is 0.710. The number of hydrogen-bond donors (Lipinski definition) is 1. The number of rotatable bonds is 5. The van der Waals surface area contributed by atoms with Gasteiger partial charge in [-0.1, -0.05) is 0 Å². The number of nitrogens with one attached hydrogen (secondary N) is 1. The molecule has 0 aromatic carbocycles. The smallest absolute Gasteiger partial charge is 0.0985 e. The Balaban J connectivity index is 2.75. The maximum Gasteiger partial charge on any atom is 0.0985 e. The van der Waals surface area contributed by atoms with Gasteiger partial charge in [0.05, 0.1) is 13.3 Å². The maximum atomic E-state index is 5.20. The molecule has 0 unspecified atom stereocenters. The van der Waals surface area contributed by atoms with Crippen LogP contribution in [0.5, 0.6) is 0 Å². The van der Waals surface area contributed by atoms with Crippen LogP contribution in [0.15, 0.2) is 0 Å². The van der Waals surface area contributed by atoms with Crippen molar-refractivity contribution >= 4 is 0 Å². The van der Waals surface area contributed by atoms with Gasteiger partial charge >= 0.3 is 0 Å². The highest BCUT2D eigenvalue weighted by atomic mass is 16.5. The average Bonchev–Trinajstić information content (AvgIpc) is 1.80. The first-order chi connectivity index (χ1) is 4.27. The molecule has 0 aliphatic heterocycles. The van der Waals surface area contributed by atoms with E-state index in [0.29, 0.717) is 6.73 Å². The van der Waals surface area contributed by atoms with Gasteiger partial charge in [-0.2, -0.15) is 0 Å². The summed E-state index contributed by atoms with van der Waals surface area (Å²) in [7, 11) is 5.89. The van der Waals surface area contributed by atoms with Gasteiger partial charge in [-0.25, -0.2) is 0 Å². The lowest BCUT2D eigenvalue weighted by molar-refractivity contribution is 0.0588. The second-order valence-electron chi connectivity index (χ2n) is 2.22. The minimum Gasteiger partial charge on any atom is -0.365 e. The van der Waals surface area contributed by atoms with Crippen molar-refractivity contribution in [3.8, 4) is 0 Å². The molecule has 0 aliphatic carbocycles. The van der Waals surface area contributed by atoms with E-state index in [1.54, 1.807) is 0 Å². The van der Waals surface area contributed by atoms with Gasteiger partial charge in [-0.15, -0.1) is 0 Å². The van der Waals surface area contributed by atoms with Crippen molar-refractivity contribution in [2.75, 3.05) is 41.0 Å². The third kappa shape index (κ3) is 7.88. The molecule has 3 heteroatoms. The van der Waals surface area contributed by atoms with Crippen LogP contribution < -0.4 is 5.32 Å². The lowest BCUT2D eigenvalue weighted by atomic mass is 10.7. The van der Waals surface area contributed by atoms with Gasteiger partial charge in [0.15, 0.2) is 0 Å². The zero-order chi connectivity index (χ0) is 7.11. The highest BCUT2D eigenvalue weighted by Crippen LogP contribution is 1.75. The van der Waals surface area contributed by atoms with Crippen molar-refractivity contribution < 1.29 is 4.74 Å². The Hall–Kier alpha value is -0.120. The number of nitrogens with zero attached hydrogens (tertiary/aromatic N) is 1. The van der Waals surface area contributed by atoms with Crippen molar-refractivity contribution in [2.45, 2.75) is 0 Å². The summed E-state index contributed by atoms with van der Waals surface area (Å²) in [5.74, 6) is 0. The molecule has 0 rings (SSSR count). The number of likely N-dealkylation sites (N-methyl/N-ethyl adjacent to an activating group) is 1. The van der Waals surface area contributed by atoms with Crippen LogP contribution in [-0.2, 0) is 4.74 Å². The maximum absolute atomic E-state index is 5.20. The molecule has 0 fully saturated rings. The van der Waals surface area contributed by atoms with Crippen LogP contribution in [-0.4, -0.2) is 45.9 Å². The summed E-state index contributed by atoms with van der Waals surface area (Å²) in [6.45, 7) is 2.42. The van der Waals surface area contributed by atoms with Gasteiger partial charge in [0, 0.05) is 6.54 Å². The summed E-state index contributed by atoms with van der Waals surface area (Å²) >= 11 is 0. The molecule has 9 heavy (non-hydrogen) atoms. The van der Waals surface area contributed by atoms with Gasteiger partial charge in [-0.3, -0.25) is 4.90 Å². The Bertz CT molecular complexity index is 57.0. The zero-order valence-electron chi connectivity index (χ0n) is 6.48. The Morgan fingerprint density at radius 1 is 1.44 bits per heavy atom. The van der Waals surface area contributed by atoms with E-state index in [1.807, 2.05) is 26.0 Å². The van der Waals surface area contributed by atoms with Crippen molar-refractivity contribution in [2.24, 2.45) is 0 Å². The van der Waals surface area contributed by atoms with Crippen molar-refractivity contribution in [3.63, 3.8) is 0 Å². The molecule has 0 radical (unpaired) electrons. The molecule has 56 valence electrons. The van der Waals surface area contributed by atoms with Crippen molar-refractivity contribution in [3.05, 3.63) is 0 Å². The standard InChI is InChI=1S/C6H16N2O/c1-7-4-5-9-6-8(2)3/h7H,4-6H2,1-3H3. The summed E-state index contributed by atoms with van der Waals surface area (Å²) < 4.78 is 5.20. The first-order valence-electron chi connectivity index (χ1n) is 3.14. The van der Waals surface area contributed by atoms with Gasteiger partial charge in [-0.05, 0) is 21.1 Å². The summed E-state index contributed by atoms with van der Waals surface area (Å²) in [5.41, 5.74) is 0. The molecule has 0 amide bonds. The normalized spacial score (nSPS) is 10.7. The van der Waals surface area contributed by atoms with Crippen LogP contribution in [0.3, 0.4) is 0 Å². The molecule has 3 nitrogen and oxygen atoms in total. The molecule has 0 heterocycles. The third-order valence-corrected chi connectivity index (χ3v) is 0.846. The van der Waals surface area contributed by atoms with Gasteiger partial charge in [0.2, 0.25) is 0 Å². The van der Waals surface area contributed by atoms with Crippen molar-refractivity contribution in [1.82, 2.24) is 10.2 Å². The molecule has 1 N–H and O–H groups in total. The Morgan fingerprint density at radius 3 is 2.56 bits per heavy atom. The summed E-state index contributed by atoms with van der Waals surface area (Å²) in [6.07, 6.45) is 0. The van der Waals surface area contributed by atoms with Crippen LogP contribution in [0.25, 0.3) is 0 Å². The lowest BCUT2D eigenvalue weighted by Crippen LogP contribution is -2.21. The first kappa shape index (κ1) is 8.88. The van der Waals surface area contributed by atoms with Gasteiger partial charge in [0.25, 0.3) is 0 Å². The molecule has 0 aliphatic rings. The van der Waals surface area contributed by atoms with Crippen LogP contribution in [0, 0.1) is 0 Å². The van der Waals surface area contributed by atoms with E-state index < -0.39 is 0 Å². The van der Waals surface area contributed by atoms with E-state index >= 15 is 0 Å². The summed E-state index contributed by atoms with van der Waals surface area (Å²) in [6, 6.07) is 0. The molecule has 0 saturated carbocycles. The Kier molecular flexibility index (Phi) is 5.93. The molecule has 0 aromatic rings. The summed E-state index contributed by atoms with van der Waals surface area (Å²) in [4.78, 5) is 2.00. The lowest BCUT2D eigenvalue weighted by Gasteiger charge is -2.09. The van der Waals surface area contributed by atoms with Crippen LogP contribution in [0.1, 0.15) is 0 Å². The van der Waals surface area contributed by atoms with Crippen molar-refractivity contribution in [1.29, 1.82) is 0 Å². The fourth-order valence-electron chi connectivity index (χ4n) is 0.421. The van der Waals surface area contributed by atoms with E-state index in [2.05, 4.69) is 5.32 Å². The molecule has 0 saturated heterocycles. The molecular weight excluding hydrogens is 116 g/mol. The fourth-order valence-corrected chi connectivity index (χ4v) is 0.421. The van der Waals surface area contributed by atoms with E-state index in [1.165, 1.54) is 0 Å². The topological polar surface area (TPSA) is 24.5 Å². The molecule has 0 atom stereocenters. The Labute approximate surface area is 57.0 Å². The van der Waals surface area contributed by atoms with E-state index in [4.69, 9.17) is 4.74 Å². The quantitative estimate of drug-likeness (QED) is 0.412. The fraction of sp³-hybridized carbons (Fsp3) is 1.00. The van der Waals surface area contributed by atoms with Gasteiger partial charge < -0.3 is 10.1 Å². The molecule has 0 aromatic heterocycles. The Morgan fingerprint density at radius 2 is 2.11 bits per heavy atom. The molecule has 0 bridgehead atoms. The van der Waals surface area contributed by atoms with E-state index in [-0.39, 0.29) is 0 Å². The monoisotopic (exact) mass is 132 g/mol. The molecule has 0 spiro atoms. The highest BCUT2D eigenvalue weighted by molar-refractivity contribution is 4.34.